The molecular formula is C17H23N3. The number of hydrogen-bond donors (Lipinski definition) is 1. The largest absolute Gasteiger partial charge is 0.347 e. The first-order chi connectivity index (χ1) is 9.79. The lowest BCUT2D eigenvalue weighted by Crippen LogP contribution is -2.49. The summed E-state index contributed by atoms with van der Waals surface area (Å²) in [5.41, 5.74) is 4.53. The maximum Gasteiger partial charge on any atom is 0.0513 e. The highest BCUT2D eigenvalue weighted by molar-refractivity contribution is 5.84. The van der Waals surface area contributed by atoms with Gasteiger partial charge in [0.1, 0.15) is 0 Å². The van der Waals surface area contributed by atoms with Crippen molar-refractivity contribution in [2.45, 2.75) is 31.8 Å². The molecule has 1 saturated heterocycles. The van der Waals surface area contributed by atoms with Gasteiger partial charge in [-0.15, -0.1) is 0 Å². The summed E-state index contributed by atoms with van der Waals surface area (Å²) in [6.45, 7) is 4.63. The summed E-state index contributed by atoms with van der Waals surface area (Å²) >= 11 is 0. The van der Waals surface area contributed by atoms with Gasteiger partial charge in [-0.05, 0) is 49.6 Å². The third-order valence-corrected chi connectivity index (χ3v) is 4.79. The third-order valence-electron chi connectivity index (χ3n) is 4.79. The van der Waals surface area contributed by atoms with Gasteiger partial charge in [-0.1, -0.05) is 6.07 Å². The van der Waals surface area contributed by atoms with Crippen molar-refractivity contribution in [2.75, 3.05) is 26.7 Å². The van der Waals surface area contributed by atoms with Crippen molar-refractivity contribution in [3.05, 3.63) is 35.5 Å². The van der Waals surface area contributed by atoms with Crippen LogP contribution in [0.2, 0.25) is 0 Å². The molecular weight excluding hydrogens is 246 g/mol. The first-order valence-corrected chi connectivity index (χ1v) is 7.82. The minimum atomic E-state index is 0.601. The fraction of sp³-hybridized carbons (Fsp3) is 0.529. The predicted molar refractivity (Wildman–Crippen MR) is 83.3 cm³/mol. The van der Waals surface area contributed by atoms with Gasteiger partial charge in [0.25, 0.3) is 0 Å². The molecule has 3 nitrogen and oxygen atoms in total. The SMILES string of the molecule is CN1CCNC(Cc2cc3c4c(ccn4CCC3)c2)C1. The van der Waals surface area contributed by atoms with Crippen LogP contribution in [0.3, 0.4) is 0 Å². The minimum absolute atomic E-state index is 0.601. The molecule has 1 fully saturated rings. The van der Waals surface area contributed by atoms with Crippen molar-refractivity contribution in [3.8, 4) is 0 Å². The lowest BCUT2D eigenvalue weighted by atomic mass is 9.96. The summed E-state index contributed by atoms with van der Waals surface area (Å²) in [6, 6.07) is 7.74. The Kier molecular flexibility index (Phi) is 3.04. The summed E-state index contributed by atoms with van der Waals surface area (Å²) in [4.78, 5) is 2.43. The third kappa shape index (κ3) is 2.15. The van der Waals surface area contributed by atoms with E-state index in [0.29, 0.717) is 6.04 Å². The first-order valence-electron chi connectivity index (χ1n) is 7.82. The summed E-state index contributed by atoms with van der Waals surface area (Å²) in [7, 11) is 2.22. The molecule has 2 aliphatic heterocycles. The number of piperazine rings is 1. The lowest BCUT2D eigenvalue weighted by Gasteiger charge is -2.31. The summed E-state index contributed by atoms with van der Waals surface area (Å²) in [5, 5.41) is 5.09. The summed E-state index contributed by atoms with van der Waals surface area (Å²) < 4.78 is 2.42. The van der Waals surface area contributed by atoms with Crippen molar-refractivity contribution in [3.63, 3.8) is 0 Å². The van der Waals surface area contributed by atoms with Gasteiger partial charge in [-0.3, -0.25) is 0 Å². The smallest absolute Gasteiger partial charge is 0.0513 e. The van der Waals surface area contributed by atoms with E-state index in [1.165, 1.54) is 42.4 Å². The number of aryl methyl sites for hydroxylation is 2. The molecule has 0 amide bonds. The van der Waals surface area contributed by atoms with Crippen molar-refractivity contribution >= 4 is 10.9 Å². The second-order valence-corrected chi connectivity index (χ2v) is 6.42. The fourth-order valence-electron chi connectivity index (χ4n) is 3.86. The molecule has 0 radical (unpaired) electrons. The number of likely N-dealkylation sites (N-methyl/N-ethyl adjacent to an activating group) is 1. The lowest BCUT2D eigenvalue weighted by molar-refractivity contribution is 0.238. The molecule has 2 aromatic rings. The van der Waals surface area contributed by atoms with Crippen molar-refractivity contribution < 1.29 is 0 Å². The van der Waals surface area contributed by atoms with Crippen LogP contribution in [-0.2, 0) is 19.4 Å². The van der Waals surface area contributed by atoms with Crippen LogP contribution in [0.4, 0.5) is 0 Å². The molecule has 1 aromatic heterocycles. The first kappa shape index (κ1) is 12.4. The number of rotatable bonds is 2. The van der Waals surface area contributed by atoms with Crippen LogP contribution in [0.25, 0.3) is 10.9 Å². The number of nitrogens with one attached hydrogen (secondary N) is 1. The van der Waals surface area contributed by atoms with E-state index in [9.17, 15) is 0 Å². The van der Waals surface area contributed by atoms with Gasteiger partial charge in [-0.2, -0.15) is 0 Å². The molecule has 0 spiro atoms. The number of benzene rings is 1. The van der Waals surface area contributed by atoms with Gasteiger partial charge >= 0.3 is 0 Å². The van der Waals surface area contributed by atoms with Gasteiger partial charge in [0, 0.05) is 43.8 Å². The normalized spacial score (nSPS) is 23.4. The van der Waals surface area contributed by atoms with Gasteiger partial charge < -0.3 is 14.8 Å². The van der Waals surface area contributed by atoms with Gasteiger partial charge in [0.15, 0.2) is 0 Å². The topological polar surface area (TPSA) is 20.2 Å². The van der Waals surface area contributed by atoms with E-state index < -0.39 is 0 Å². The molecule has 0 saturated carbocycles. The van der Waals surface area contributed by atoms with E-state index in [0.717, 1.165) is 19.5 Å². The van der Waals surface area contributed by atoms with Crippen LogP contribution in [0.15, 0.2) is 24.4 Å². The monoisotopic (exact) mass is 269 g/mol. The summed E-state index contributed by atoms with van der Waals surface area (Å²) in [5.74, 6) is 0. The molecule has 3 heterocycles. The van der Waals surface area contributed by atoms with Crippen LogP contribution in [-0.4, -0.2) is 42.2 Å². The van der Waals surface area contributed by atoms with E-state index >= 15 is 0 Å². The fourth-order valence-corrected chi connectivity index (χ4v) is 3.86. The molecule has 4 rings (SSSR count). The van der Waals surface area contributed by atoms with E-state index in [-0.39, 0.29) is 0 Å². The number of aromatic nitrogens is 1. The van der Waals surface area contributed by atoms with Gasteiger partial charge in [0.2, 0.25) is 0 Å². The molecule has 0 aliphatic carbocycles. The average Bonchev–Trinajstić information content (AvgIpc) is 2.84. The Bertz CT molecular complexity index is 628. The number of hydrogen-bond acceptors (Lipinski definition) is 2. The van der Waals surface area contributed by atoms with E-state index in [2.05, 4.69) is 46.2 Å². The van der Waals surface area contributed by atoms with Crippen molar-refractivity contribution in [1.29, 1.82) is 0 Å². The van der Waals surface area contributed by atoms with E-state index in [1.54, 1.807) is 5.56 Å². The highest BCUT2D eigenvalue weighted by atomic mass is 15.2. The zero-order chi connectivity index (χ0) is 13.5. The highest BCUT2D eigenvalue weighted by Crippen LogP contribution is 2.28. The molecule has 20 heavy (non-hydrogen) atoms. The zero-order valence-electron chi connectivity index (χ0n) is 12.2. The van der Waals surface area contributed by atoms with Crippen LogP contribution in [0, 0.1) is 0 Å². The molecule has 2 aliphatic rings. The molecule has 1 aromatic carbocycles. The quantitative estimate of drug-likeness (QED) is 0.900. The van der Waals surface area contributed by atoms with E-state index in [1.807, 2.05) is 0 Å². The minimum Gasteiger partial charge on any atom is -0.347 e. The molecule has 106 valence electrons. The average molecular weight is 269 g/mol. The zero-order valence-corrected chi connectivity index (χ0v) is 12.2. The van der Waals surface area contributed by atoms with Crippen molar-refractivity contribution in [2.24, 2.45) is 0 Å². The van der Waals surface area contributed by atoms with Crippen LogP contribution in [0.1, 0.15) is 17.5 Å². The Morgan fingerprint density at radius 1 is 1.30 bits per heavy atom. The highest BCUT2D eigenvalue weighted by Gasteiger charge is 2.18. The predicted octanol–water partition coefficient (Wildman–Crippen LogP) is 2.03. The molecule has 0 bridgehead atoms. The number of nitrogens with zero attached hydrogens (tertiary/aromatic N) is 2. The van der Waals surface area contributed by atoms with Crippen LogP contribution >= 0.6 is 0 Å². The van der Waals surface area contributed by atoms with Crippen LogP contribution in [0.5, 0.6) is 0 Å². The van der Waals surface area contributed by atoms with E-state index in [4.69, 9.17) is 0 Å². The van der Waals surface area contributed by atoms with Crippen LogP contribution < -0.4 is 5.32 Å². The maximum absolute atomic E-state index is 3.66. The van der Waals surface area contributed by atoms with Gasteiger partial charge in [-0.25, -0.2) is 0 Å². The maximum atomic E-state index is 3.66. The Balaban J connectivity index is 1.64. The second-order valence-electron chi connectivity index (χ2n) is 6.42. The Hall–Kier alpha value is -1.32. The molecule has 3 heteroatoms. The molecule has 1 N–H and O–H groups in total. The Labute approximate surface area is 120 Å². The molecule has 1 unspecified atom stereocenters. The van der Waals surface area contributed by atoms with Crippen molar-refractivity contribution in [1.82, 2.24) is 14.8 Å². The van der Waals surface area contributed by atoms with Gasteiger partial charge in [0.05, 0.1) is 5.52 Å². The second kappa shape index (κ2) is 4.90. The Morgan fingerprint density at radius 3 is 3.15 bits per heavy atom. The summed E-state index contributed by atoms with van der Waals surface area (Å²) in [6.07, 6.45) is 5.93. The molecule has 1 atom stereocenters. The standard InChI is InChI=1S/C17H23N3/c1-19-8-5-18-16(12-19)11-13-9-14-3-2-6-20-7-4-15(10-13)17(14)20/h4,7,9-10,16,18H,2-3,5-6,8,11-12H2,1H3. The Morgan fingerprint density at radius 2 is 2.25 bits per heavy atom.